The number of nitrogens with one attached hydrogen (secondary N) is 2. The fraction of sp³-hybridized carbons (Fsp3) is 0.476. The number of carbonyl (C=O) groups is 5. The van der Waals surface area contributed by atoms with Crippen molar-refractivity contribution < 1.29 is 60.3 Å². The smallest absolute Gasteiger partial charge is 0.526 e. The normalized spacial score (nSPS) is 18.6. The second-order valence-corrected chi connectivity index (χ2v) is 10.6. The molecule has 2 heterocycles. The standard InChI is InChI=1S/C21H24BF3N4O10S/c1-2-28-6-7-29(18(32)17(28)31)20(35)27-14(10-26-40(37,38)21(23,24)25)15(30)9-12-8-11-4-3-5-13(19(33)34)16(11)39-22(12)36/h3-5,12,14,26,36H,2,6-10H2,1H3,(H,27,35)(H,33,34)/t12-,14-/m1/s1. The van der Waals surface area contributed by atoms with E-state index in [1.807, 2.05) is 5.32 Å². The number of nitrogens with zero attached hydrogens (tertiary/aromatic N) is 2. The molecule has 0 radical (unpaired) electrons. The average molecular weight is 592 g/mol. The van der Waals surface area contributed by atoms with Gasteiger partial charge in [0.1, 0.15) is 11.8 Å². The van der Waals surface area contributed by atoms with Gasteiger partial charge in [0.2, 0.25) is 0 Å². The molecule has 0 unspecified atom stereocenters. The highest BCUT2D eigenvalue weighted by Crippen LogP contribution is 2.36. The number of para-hydroxylation sites is 1. The second-order valence-electron chi connectivity index (χ2n) is 8.88. The summed E-state index contributed by atoms with van der Waals surface area (Å²) in [6, 6.07) is 0.810. The quantitative estimate of drug-likeness (QED) is 0.211. The van der Waals surface area contributed by atoms with Crippen molar-refractivity contribution in [1.29, 1.82) is 0 Å². The van der Waals surface area contributed by atoms with Crippen LogP contribution in [0.5, 0.6) is 5.75 Å². The van der Waals surface area contributed by atoms with Crippen LogP contribution in [0.2, 0.25) is 5.82 Å². The summed E-state index contributed by atoms with van der Waals surface area (Å²) in [7, 11) is -7.67. The first kappa shape index (κ1) is 30.8. The molecule has 0 aromatic heterocycles. The minimum Gasteiger partial charge on any atom is -0.535 e. The Kier molecular flexibility index (Phi) is 9.10. The lowest BCUT2D eigenvalue weighted by Gasteiger charge is -2.33. The molecule has 0 saturated carbocycles. The van der Waals surface area contributed by atoms with Gasteiger partial charge in [-0.1, -0.05) is 12.1 Å². The molecule has 4 amide bonds. The zero-order chi connectivity index (χ0) is 30.0. The molecule has 3 rings (SSSR count). The van der Waals surface area contributed by atoms with Crippen molar-refractivity contribution in [3.63, 3.8) is 0 Å². The van der Waals surface area contributed by atoms with Crippen LogP contribution < -0.4 is 14.7 Å². The maximum absolute atomic E-state index is 13.1. The fourth-order valence-corrected chi connectivity index (χ4v) is 4.69. The summed E-state index contributed by atoms with van der Waals surface area (Å²) in [6.07, 6.45) is -0.767. The first-order valence-corrected chi connectivity index (χ1v) is 13.3. The monoisotopic (exact) mass is 592 g/mol. The third kappa shape index (κ3) is 6.53. The molecular formula is C21H24BF3N4O10S. The van der Waals surface area contributed by atoms with E-state index in [1.54, 1.807) is 6.92 Å². The molecule has 0 aliphatic carbocycles. The van der Waals surface area contributed by atoms with E-state index in [9.17, 15) is 55.7 Å². The number of Topliss-reactive ketones (excluding diaryl/α,β-unsaturated/α-hetero) is 1. The number of benzene rings is 1. The highest BCUT2D eigenvalue weighted by molar-refractivity contribution is 7.90. The van der Waals surface area contributed by atoms with E-state index < -0.39 is 77.1 Å². The Hall–Kier alpha value is -3.71. The summed E-state index contributed by atoms with van der Waals surface area (Å²) in [6.45, 7) is 0.150. The molecule has 218 valence electrons. The SMILES string of the molecule is CCN1CCN(C(=O)N[C@H](CNS(=O)(=O)C(F)(F)F)C(=O)C[C@H]2Cc3cccc(C(=O)O)c3OB2O)C(=O)C1=O. The van der Waals surface area contributed by atoms with E-state index in [0.717, 1.165) is 4.90 Å². The highest BCUT2D eigenvalue weighted by Gasteiger charge is 2.47. The molecular weight excluding hydrogens is 568 g/mol. The maximum Gasteiger partial charge on any atom is 0.526 e. The molecule has 19 heteroatoms. The first-order valence-electron chi connectivity index (χ1n) is 11.8. The number of rotatable bonds is 9. The number of hydrogen-bond donors (Lipinski definition) is 4. The van der Waals surface area contributed by atoms with E-state index in [2.05, 4.69) is 0 Å². The number of likely N-dealkylation sites (N-methyl/N-ethyl adjacent to an activating group) is 1. The van der Waals surface area contributed by atoms with Gasteiger partial charge in [-0.3, -0.25) is 19.3 Å². The number of hydrogen-bond acceptors (Lipinski definition) is 9. The van der Waals surface area contributed by atoms with Crippen molar-refractivity contribution in [2.24, 2.45) is 0 Å². The number of carbonyl (C=O) groups excluding carboxylic acids is 4. The number of halogens is 3. The average Bonchev–Trinajstić information content (AvgIpc) is 2.87. The minimum atomic E-state index is -5.94. The number of piperazine rings is 1. The van der Waals surface area contributed by atoms with Gasteiger partial charge in [-0.05, 0) is 25.0 Å². The van der Waals surface area contributed by atoms with Gasteiger partial charge in [0.15, 0.2) is 5.78 Å². The van der Waals surface area contributed by atoms with E-state index in [4.69, 9.17) is 4.65 Å². The molecule has 0 bridgehead atoms. The largest absolute Gasteiger partial charge is 0.535 e. The Morgan fingerprint density at radius 3 is 2.48 bits per heavy atom. The van der Waals surface area contributed by atoms with Gasteiger partial charge in [-0.25, -0.2) is 22.7 Å². The van der Waals surface area contributed by atoms with E-state index in [0.29, 0.717) is 10.5 Å². The van der Waals surface area contributed by atoms with E-state index >= 15 is 0 Å². The summed E-state index contributed by atoms with van der Waals surface area (Å²) in [4.78, 5) is 63.3. The number of urea groups is 1. The van der Waals surface area contributed by atoms with Gasteiger partial charge in [0, 0.05) is 38.4 Å². The van der Waals surface area contributed by atoms with Gasteiger partial charge in [-0.15, -0.1) is 0 Å². The van der Waals surface area contributed by atoms with Gasteiger partial charge < -0.3 is 25.0 Å². The van der Waals surface area contributed by atoms with Crippen LogP contribution in [0.15, 0.2) is 18.2 Å². The Morgan fingerprint density at radius 1 is 1.20 bits per heavy atom. The zero-order valence-corrected chi connectivity index (χ0v) is 21.6. The lowest BCUT2D eigenvalue weighted by Crippen LogP contribution is -2.61. The summed E-state index contributed by atoms with van der Waals surface area (Å²) in [5, 5.41) is 21.7. The number of carboxylic acids is 1. The Balaban J connectivity index is 1.80. The Bertz CT molecular complexity index is 1330. The van der Waals surface area contributed by atoms with Crippen molar-refractivity contribution >= 4 is 46.7 Å². The molecule has 2 aliphatic heterocycles. The van der Waals surface area contributed by atoms with Gasteiger partial charge in [0.05, 0.1) is 5.56 Å². The predicted molar refractivity (Wildman–Crippen MR) is 128 cm³/mol. The van der Waals surface area contributed by atoms with Crippen LogP contribution in [-0.2, 0) is 30.8 Å². The Labute approximate surface area is 225 Å². The molecule has 1 aromatic rings. The van der Waals surface area contributed by atoms with Crippen LogP contribution in [0.25, 0.3) is 0 Å². The number of alkyl halides is 3. The van der Waals surface area contributed by atoms with Crippen LogP contribution >= 0.6 is 0 Å². The lowest BCUT2D eigenvalue weighted by atomic mass is 9.64. The fourth-order valence-electron chi connectivity index (χ4n) is 4.14. The zero-order valence-electron chi connectivity index (χ0n) is 20.8. The summed E-state index contributed by atoms with van der Waals surface area (Å²) < 4.78 is 68.0. The molecule has 2 aliphatic rings. The third-order valence-electron chi connectivity index (χ3n) is 6.32. The van der Waals surface area contributed by atoms with E-state index in [1.165, 1.54) is 22.9 Å². The number of aromatic carboxylic acids is 1. The van der Waals surface area contributed by atoms with Crippen molar-refractivity contribution in [3.8, 4) is 5.75 Å². The summed E-state index contributed by atoms with van der Waals surface area (Å²) in [5.41, 5.74) is -5.68. The molecule has 1 aromatic carbocycles. The van der Waals surface area contributed by atoms with Crippen LogP contribution in [0.3, 0.4) is 0 Å². The summed E-state index contributed by atoms with van der Waals surface area (Å²) >= 11 is 0. The molecule has 1 fully saturated rings. The molecule has 14 nitrogen and oxygen atoms in total. The molecule has 40 heavy (non-hydrogen) atoms. The number of fused-ring (bicyclic) bond motifs is 1. The first-order chi connectivity index (χ1) is 18.6. The lowest BCUT2D eigenvalue weighted by molar-refractivity contribution is -0.153. The molecule has 2 atom stereocenters. The van der Waals surface area contributed by atoms with Crippen molar-refractivity contribution in [1.82, 2.24) is 19.8 Å². The minimum absolute atomic E-state index is 0.0445. The molecule has 1 saturated heterocycles. The van der Waals surface area contributed by atoms with Crippen LogP contribution in [0, 0.1) is 0 Å². The van der Waals surface area contributed by atoms with Gasteiger partial charge >= 0.3 is 46.5 Å². The number of sulfonamides is 1. The maximum atomic E-state index is 13.1. The van der Waals surface area contributed by atoms with Crippen molar-refractivity contribution in [2.75, 3.05) is 26.2 Å². The number of ketones is 1. The van der Waals surface area contributed by atoms with Gasteiger partial charge in [0.25, 0.3) is 0 Å². The molecule has 0 spiro atoms. The van der Waals surface area contributed by atoms with Crippen molar-refractivity contribution in [3.05, 3.63) is 29.3 Å². The Morgan fingerprint density at radius 2 is 1.88 bits per heavy atom. The second kappa shape index (κ2) is 11.8. The molecule has 4 N–H and O–H groups in total. The number of amides is 4. The topological polar surface area (TPSA) is 200 Å². The van der Waals surface area contributed by atoms with Crippen molar-refractivity contribution in [2.45, 2.75) is 37.1 Å². The summed E-state index contributed by atoms with van der Waals surface area (Å²) in [5.74, 6) is -5.87. The predicted octanol–water partition coefficient (Wildman–Crippen LogP) is -0.662. The van der Waals surface area contributed by atoms with Crippen LogP contribution in [0.4, 0.5) is 18.0 Å². The van der Waals surface area contributed by atoms with Crippen LogP contribution in [0.1, 0.15) is 29.3 Å². The van der Waals surface area contributed by atoms with E-state index in [-0.39, 0.29) is 37.4 Å². The number of carboxylic acid groups (broad SMARTS) is 1. The number of imide groups is 1. The highest BCUT2D eigenvalue weighted by atomic mass is 32.2. The third-order valence-corrected chi connectivity index (χ3v) is 7.47. The van der Waals surface area contributed by atoms with Gasteiger partial charge in [-0.2, -0.15) is 13.2 Å². The van der Waals surface area contributed by atoms with Crippen LogP contribution in [-0.4, -0.2) is 103 Å².